The van der Waals surface area contributed by atoms with Crippen LogP contribution in [-0.2, 0) is 4.74 Å². The van der Waals surface area contributed by atoms with E-state index in [9.17, 15) is 18.0 Å². The van der Waals surface area contributed by atoms with Crippen LogP contribution in [0.1, 0.15) is 18.0 Å². The van der Waals surface area contributed by atoms with Crippen LogP contribution in [0.5, 0.6) is 11.5 Å². The van der Waals surface area contributed by atoms with E-state index in [1.807, 2.05) is 0 Å². The van der Waals surface area contributed by atoms with Crippen LogP contribution in [0.4, 0.5) is 18.0 Å². The van der Waals surface area contributed by atoms with Crippen LogP contribution in [0, 0.1) is 0 Å². The Morgan fingerprint density at radius 1 is 1.40 bits per heavy atom. The van der Waals surface area contributed by atoms with E-state index in [0.29, 0.717) is 17.7 Å². The highest BCUT2D eigenvalue weighted by Gasteiger charge is 2.32. The number of benzene rings is 1. The lowest BCUT2D eigenvalue weighted by molar-refractivity contribution is -0.274. The van der Waals surface area contributed by atoms with E-state index in [2.05, 4.69) is 10.1 Å². The number of hydrogen-bond donors (Lipinski definition) is 1. The lowest BCUT2D eigenvalue weighted by atomic mass is 10.0. The lowest BCUT2D eigenvalue weighted by Gasteiger charge is -2.25. The summed E-state index contributed by atoms with van der Waals surface area (Å²) in [5.74, 6) is 0.000709. The number of carbonyl (C=O) groups excluding carboxylic acids is 1. The van der Waals surface area contributed by atoms with Crippen molar-refractivity contribution in [2.75, 3.05) is 13.7 Å². The highest BCUT2D eigenvalue weighted by atomic mass is 19.4. The Hall–Kier alpha value is -2.12. The highest BCUT2D eigenvalue weighted by molar-refractivity contribution is 5.69. The summed E-state index contributed by atoms with van der Waals surface area (Å²) in [6, 6.07) is 3.22. The minimum Gasteiger partial charge on any atom is -0.496 e. The van der Waals surface area contributed by atoms with E-state index in [0.717, 1.165) is 6.07 Å². The molecule has 0 bridgehead atoms. The number of alkyl halides is 3. The fourth-order valence-corrected chi connectivity index (χ4v) is 1.94. The molecule has 0 spiro atoms. The third-order valence-corrected chi connectivity index (χ3v) is 2.74. The molecule has 110 valence electrons. The summed E-state index contributed by atoms with van der Waals surface area (Å²) in [6.45, 7) is 0.185. The summed E-state index contributed by atoms with van der Waals surface area (Å²) >= 11 is 0. The molecule has 0 radical (unpaired) electrons. The van der Waals surface area contributed by atoms with Crippen molar-refractivity contribution in [3.63, 3.8) is 0 Å². The zero-order chi connectivity index (χ0) is 14.8. The molecule has 8 heteroatoms. The van der Waals surface area contributed by atoms with E-state index in [4.69, 9.17) is 9.47 Å². The molecule has 5 nitrogen and oxygen atoms in total. The van der Waals surface area contributed by atoms with Crippen LogP contribution in [-0.4, -0.2) is 26.2 Å². The number of cyclic esters (lactones) is 1. The third kappa shape index (κ3) is 3.46. The number of nitrogens with one attached hydrogen (secondary N) is 1. The molecule has 1 aliphatic rings. The van der Waals surface area contributed by atoms with E-state index in [-0.39, 0.29) is 12.4 Å². The molecule has 1 aliphatic heterocycles. The van der Waals surface area contributed by atoms with Crippen molar-refractivity contribution in [1.82, 2.24) is 5.32 Å². The summed E-state index contributed by atoms with van der Waals surface area (Å²) in [6.07, 6.45) is -4.96. The van der Waals surface area contributed by atoms with E-state index >= 15 is 0 Å². The molecule has 0 aromatic heterocycles. The molecule has 1 heterocycles. The first kappa shape index (κ1) is 14.3. The smallest absolute Gasteiger partial charge is 0.496 e. The lowest BCUT2D eigenvalue weighted by Crippen LogP contribution is -2.35. The molecule has 1 saturated heterocycles. The quantitative estimate of drug-likeness (QED) is 0.930. The first-order chi connectivity index (χ1) is 9.39. The Balaban J connectivity index is 2.28. The van der Waals surface area contributed by atoms with E-state index in [1.54, 1.807) is 0 Å². The summed E-state index contributed by atoms with van der Waals surface area (Å²) in [5.41, 5.74) is 0.408. The second-order valence-electron chi connectivity index (χ2n) is 4.07. The zero-order valence-electron chi connectivity index (χ0n) is 10.5. The van der Waals surface area contributed by atoms with Gasteiger partial charge in [-0.3, -0.25) is 0 Å². The SMILES string of the molecule is COc1ccc(OC(F)(F)F)cc1[C@H]1CCOC(=O)N1. The standard InChI is InChI=1S/C12H12F3NO4/c1-18-10-3-2-7(20-12(13,14)15)6-8(10)9-4-5-19-11(17)16-9/h2-3,6,9H,4-5H2,1H3,(H,16,17)/t9-/m1/s1. The van der Waals surface area contributed by atoms with Crippen molar-refractivity contribution in [1.29, 1.82) is 0 Å². The van der Waals surface area contributed by atoms with Gasteiger partial charge in [0, 0.05) is 12.0 Å². The molecular weight excluding hydrogens is 279 g/mol. The number of hydrogen-bond acceptors (Lipinski definition) is 4. The second-order valence-corrected chi connectivity index (χ2v) is 4.07. The van der Waals surface area contributed by atoms with Gasteiger partial charge in [-0.25, -0.2) is 4.79 Å². The summed E-state index contributed by atoms with van der Waals surface area (Å²) in [7, 11) is 1.39. The number of amides is 1. The van der Waals surface area contributed by atoms with E-state index in [1.165, 1.54) is 19.2 Å². The zero-order valence-corrected chi connectivity index (χ0v) is 10.5. The van der Waals surface area contributed by atoms with Gasteiger partial charge in [0.25, 0.3) is 0 Å². The average Bonchev–Trinajstić information content (AvgIpc) is 2.37. The van der Waals surface area contributed by atoms with Gasteiger partial charge in [-0.05, 0) is 18.2 Å². The minimum atomic E-state index is -4.77. The van der Waals surface area contributed by atoms with Crippen LogP contribution in [0.2, 0.25) is 0 Å². The summed E-state index contributed by atoms with van der Waals surface area (Å²) in [4.78, 5) is 11.2. The van der Waals surface area contributed by atoms with Gasteiger partial charge >= 0.3 is 12.5 Å². The van der Waals surface area contributed by atoms with Crippen LogP contribution < -0.4 is 14.8 Å². The van der Waals surface area contributed by atoms with Gasteiger partial charge in [-0.15, -0.1) is 13.2 Å². The number of alkyl carbamates (subject to hydrolysis) is 1. The van der Waals surface area contributed by atoms with Crippen molar-refractivity contribution >= 4 is 6.09 Å². The topological polar surface area (TPSA) is 56.8 Å². The van der Waals surface area contributed by atoms with Crippen molar-refractivity contribution in [2.24, 2.45) is 0 Å². The first-order valence-electron chi connectivity index (χ1n) is 5.76. The minimum absolute atomic E-state index is 0.185. The molecule has 0 unspecified atom stereocenters. The molecule has 0 saturated carbocycles. The van der Waals surface area contributed by atoms with Gasteiger partial charge in [0.1, 0.15) is 11.5 Å². The number of methoxy groups -OCH3 is 1. The molecule has 2 rings (SSSR count). The molecule has 1 amide bonds. The van der Waals surface area contributed by atoms with Crippen LogP contribution >= 0.6 is 0 Å². The highest BCUT2D eigenvalue weighted by Crippen LogP contribution is 2.34. The maximum atomic E-state index is 12.2. The van der Waals surface area contributed by atoms with Crippen molar-refractivity contribution in [3.8, 4) is 11.5 Å². The van der Waals surface area contributed by atoms with Crippen LogP contribution in [0.25, 0.3) is 0 Å². The first-order valence-corrected chi connectivity index (χ1v) is 5.76. The Labute approximate surface area is 112 Å². The molecule has 1 aromatic rings. The predicted octanol–water partition coefficient (Wildman–Crippen LogP) is 2.76. The maximum Gasteiger partial charge on any atom is 0.573 e. The fraction of sp³-hybridized carbons (Fsp3) is 0.417. The number of ether oxygens (including phenoxy) is 3. The molecule has 1 aromatic carbocycles. The normalized spacial score (nSPS) is 19.0. The molecule has 20 heavy (non-hydrogen) atoms. The summed E-state index contributed by atoms with van der Waals surface area (Å²) in [5, 5.41) is 2.52. The van der Waals surface area contributed by atoms with Gasteiger partial charge in [0.15, 0.2) is 0 Å². The van der Waals surface area contributed by atoms with Gasteiger partial charge < -0.3 is 19.5 Å². The predicted molar refractivity (Wildman–Crippen MR) is 61.5 cm³/mol. The number of carbonyl (C=O) groups is 1. The maximum absolute atomic E-state index is 12.2. The van der Waals surface area contributed by atoms with Crippen LogP contribution in [0.3, 0.4) is 0 Å². The Kier molecular flexibility index (Phi) is 3.91. The van der Waals surface area contributed by atoms with Crippen LogP contribution in [0.15, 0.2) is 18.2 Å². The van der Waals surface area contributed by atoms with Crippen molar-refractivity contribution < 1.29 is 32.2 Å². The van der Waals surface area contributed by atoms with Gasteiger partial charge in [0.05, 0.1) is 19.8 Å². The molecule has 0 aliphatic carbocycles. The summed E-state index contributed by atoms with van der Waals surface area (Å²) < 4.78 is 50.3. The largest absolute Gasteiger partial charge is 0.573 e. The monoisotopic (exact) mass is 291 g/mol. The van der Waals surface area contributed by atoms with Gasteiger partial charge in [-0.1, -0.05) is 0 Å². The Bertz CT molecular complexity index is 504. The fourth-order valence-electron chi connectivity index (χ4n) is 1.94. The molecule has 1 atom stereocenters. The average molecular weight is 291 g/mol. The second kappa shape index (κ2) is 5.48. The number of rotatable bonds is 3. The van der Waals surface area contributed by atoms with Gasteiger partial charge in [0.2, 0.25) is 0 Å². The van der Waals surface area contributed by atoms with E-state index < -0.39 is 18.5 Å². The Morgan fingerprint density at radius 3 is 2.75 bits per heavy atom. The number of halogens is 3. The molecular formula is C12H12F3NO4. The van der Waals surface area contributed by atoms with Crippen molar-refractivity contribution in [3.05, 3.63) is 23.8 Å². The van der Waals surface area contributed by atoms with Crippen molar-refractivity contribution in [2.45, 2.75) is 18.8 Å². The third-order valence-electron chi connectivity index (χ3n) is 2.74. The molecule has 1 fully saturated rings. The molecule has 1 N–H and O–H groups in total. The van der Waals surface area contributed by atoms with Gasteiger partial charge in [-0.2, -0.15) is 0 Å². The Morgan fingerprint density at radius 2 is 2.15 bits per heavy atom.